The Kier molecular flexibility index (Phi) is 3.40. The molecular weight excluding hydrogens is 238 g/mol. The first-order valence-corrected chi connectivity index (χ1v) is 6.58. The van der Waals surface area contributed by atoms with Gasteiger partial charge in [-0.05, 0) is 52.3 Å². The Morgan fingerprint density at radius 2 is 1.95 bits per heavy atom. The summed E-state index contributed by atoms with van der Waals surface area (Å²) < 4.78 is 7.41. The van der Waals surface area contributed by atoms with Crippen molar-refractivity contribution in [1.82, 2.24) is 4.57 Å². The van der Waals surface area contributed by atoms with E-state index in [1.165, 1.54) is 10.9 Å². The summed E-state index contributed by atoms with van der Waals surface area (Å²) in [6, 6.07) is 7.84. The van der Waals surface area contributed by atoms with E-state index in [-0.39, 0.29) is 12.0 Å². The van der Waals surface area contributed by atoms with Crippen molar-refractivity contribution in [2.75, 3.05) is 0 Å². The van der Waals surface area contributed by atoms with Crippen LogP contribution in [0.4, 0.5) is 0 Å². The largest absolute Gasteiger partial charge is 0.458 e. The molecule has 0 bridgehead atoms. The minimum absolute atomic E-state index is 0.202. The molecule has 0 saturated carbocycles. The molecule has 0 fully saturated rings. The van der Waals surface area contributed by atoms with Crippen molar-refractivity contribution in [2.45, 2.75) is 46.3 Å². The van der Waals surface area contributed by atoms with Gasteiger partial charge in [-0.15, -0.1) is 0 Å². The zero-order valence-electron chi connectivity index (χ0n) is 12.2. The summed E-state index contributed by atoms with van der Waals surface area (Å²) in [4.78, 5) is 12.1. The average molecular weight is 259 g/mol. The predicted octanol–water partition coefficient (Wildman–Crippen LogP) is 3.85. The van der Waals surface area contributed by atoms with Gasteiger partial charge in [0.25, 0.3) is 0 Å². The third kappa shape index (κ3) is 2.80. The molecule has 2 aromatic rings. The molecule has 0 aliphatic rings. The lowest BCUT2D eigenvalue weighted by Crippen LogP contribution is -2.28. The fraction of sp³-hybridized carbons (Fsp3) is 0.438. The number of fused-ring (bicyclic) bond motifs is 1. The van der Waals surface area contributed by atoms with E-state index in [1.807, 2.05) is 56.7 Å². The van der Waals surface area contributed by atoms with Crippen molar-refractivity contribution in [1.29, 1.82) is 0 Å². The van der Waals surface area contributed by atoms with Crippen LogP contribution in [0.3, 0.4) is 0 Å². The van der Waals surface area contributed by atoms with Crippen molar-refractivity contribution in [3.8, 4) is 0 Å². The molecule has 102 valence electrons. The molecule has 0 amide bonds. The third-order valence-electron chi connectivity index (χ3n) is 3.15. The SMILES string of the molecule is Cc1cccc2c1ccn2C(C)C(=O)OC(C)(C)C. The van der Waals surface area contributed by atoms with Crippen LogP contribution in [0.25, 0.3) is 10.9 Å². The van der Waals surface area contributed by atoms with Gasteiger partial charge in [0.05, 0.1) is 0 Å². The third-order valence-corrected chi connectivity index (χ3v) is 3.15. The molecule has 1 unspecified atom stereocenters. The van der Waals surface area contributed by atoms with Gasteiger partial charge in [-0.25, -0.2) is 4.79 Å². The molecular formula is C16H21NO2. The van der Waals surface area contributed by atoms with Crippen LogP contribution in [0, 0.1) is 6.92 Å². The van der Waals surface area contributed by atoms with Crippen LogP contribution in [0.15, 0.2) is 30.5 Å². The highest BCUT2D eigenvalue weighted by Gasteiger charge is 2.23. The smallest absolute Gasteiger partial charge is 0.329 e. The zero-order valence-corrected chi connectivity index (χ0v) is 12.2. The van der Waals surface area contributed by atoms with E-state index in [2.05, 4.69) is 13.0 Å². The van der Waals surface area contributed by atoms with E-state index in [1.54, 1.807) is 0 Å². The van der Waals surface area contributed by atoms with E-state index >= 15 is 0 Å². The molecule has 19 heavy (non-hydrogen) atoms. The Hall–Kier alpha value is -1.77. The van der Waals surface area contributed by atoms with Crippen LogP contribution in [-0.4, -0.2) is 16.1 Å². The number of nitrogens with zero attached hydrogens (tertiary/aromatic N) is 1. The first-order valence-electron chi connectivity index (χ1n) is 6.58. The molecule has 1 aromatic heterocycles. The fourth-order valence-electron chi connectivity index (χ4n) is 2.18. The lowest BCUT2D eigenvalue weighted by atomic mass is 10.1. The van der Waals surface area contributed by atoms with Crippen molar-refractivity contribution in [2.24, 2.45) is 0 Å². The van der Waals surface area contributed by atoms with Gasteiger partial charge in [-0.2, -0.15) is 0 Å². The molecule has 1 heterocycles. The minimum Gasteiger partial charge on any atom is -0.458 e. The van der Waals surface area contributed by atoms with Gasteiger partial charge in [0, 0.05) is 17.1 Å². The molecule has 0 aliphatic heterocycles. The summed E-state index contributed by atoms with van der Waals surface area (Å²) in [6.45, 7) is 9.60. The molecule has 2 rings (SSSR count). The second kappa shape index (κ2) is 4.72. The molecule has 0 radical (unpaired) electrons. The number of carbonyl (C=O) groups is 1. The van der Waals surface area contributed by atoms with E-state index in [0.29, 0.717) is 0 Å². The van der Waals surface area contributed by atoms with Crippen LogP contribution in [-0.2, 0) is 9.53 Å². The molecule has 3 heteroatoms. The van der Waals surface area contributed by atoms with Gasteiger partial charge in [0.2, 0.25) is 0 Å². The maximum absolute atomic E-state index is 12.1. The van der Waals surface area contributed by atoms with E-state index in [0.717, 1.165) is 5.52 Å². The Morgan fingerprint density at radius 3 is 2.58 bits per heavy atom. The lowest BCUT2D eigenvalue weighted by Gasteiger charge is -2.23. The van der Waals surface area contributed by atoms with Crippen LogP contribution in [0.2, 0.25) is 0 Å². The normalized spacial score (nSPS) is 13.5. The number of hydrogen-bond donors (Lipinski definition) is 0. The lowest BCUT2D eigenvalue weighted by molar-refractivity contribution is -0.158. The summed E-state index contributed by atoms with van der Waals surface area (Å²) in [7, 11) is 0. The van der Waals surface area contributed by atoms with Gasteiger partial charge < -0.3 is 9.30 Å². The molecule has 1 atom stereocenters. The Bertz CT molecular complexity index is 605. The first-order chi connectivity index (χ1) is 8.79. The van der Waals surface area contributed by atoms with Gasteiger partial charge in [0.1, 0.15) is 11.6 Å². The number of hydrogen-bond acceptors (Lipinski definition) is 2. The number of ether oxygens (including phenoxy) is 1. The first kappa shape index (κ1) is 13.7. The number of esters is 1. The van der Waals surface area contributed by atoms with Gasteiger partial charge in [0.15, 0.2) is 0 Å². The van der Waals surface area contributed by atoms with Gasteiger partial charge >= 0.3 is 5.97 Å². The number of aryl methyl sites for hydroxylation is 1. The van der Waals surface area contributed by atoms with Crippen LogP contribution >= 0.6 is 0 Å². The van der Waals surface area contributed by atoms with Gasteiger partial charge in [-0.1, -0.05) is 12.1 Å². The summed E-state index contributed by atoms with van der Waals surface area (Å²) in [6.07, 6.45) is 1.95. The molecule has 0 aliphatic carbocycles. The van der Waals surface area contributed by atoms with Gasteiger partial charge in [-0.3, -0.25) is 0 Å². The quantitative estimate of drug-likeness (QED) is 0.767. The molecule has 3 nitrogen and oxygen atoms in total. The highest BCUT2D eigenvalue weighted by Crippen LogP contribution is 2.24. The van der Waals surface area contributed by atoms with Crippen molar-refractivity contribution < 1.29 is 9.53 Å². The number of carbonyl (C=O) groups excluding carboxylic acids is 1. The standard InChI is InChI=1S/C16H21NO2/c1-11-7-6-8-14-13(11)9-10-17(14)12(2)15(18)19-16(3,4)5/h6-10,12H,1-5H3. The molecule has 0 saturated heterocycles. The topological polar surface area (TPSA) is 31.2 Å². The number of rotatable bonds is 2. The molecule has 0 spiro atoms. The highest BCUT2D eigenvalue weighted by atomic mass is 16.6. The minimum atomic E-state index is -0.454. The Labute approximate surface area is 114 Å². The number of aromatic nitrogens is 1. The van der Waals surface area contributed by atoms with Crippen molar-refractivity contribution in [3.05, 3.63) is 36.0 Å². The predicted molar refractivity (Wildman–Crippen MR) is 77.2 cm³/mol. The Morgan fingerprint density at radius 1 is 1.26 bits per heavy atom. The molecule has 1 aromatic carbocycles. The Balaban J connectivity index is 2.34. The highest BCUT2D eigenvalue weighted by molar-refractivity contribution is 5.86. The summed E-state index contributed by atoms with van der Waals surface area (Å²) in [5.41, 5.74) is 1.83. The van der Waals surface area contributed by atoms with E-state index in [4.69, 9.17) is 4.74 Å². The maximum atomic E-state index is 12.1. The number of benzene rings is 1. The van der Waals surface area contributed by atoms with Crippen molar-refractivity contribution >= 4 is 16.9 Å². The second-order valence-electron chi connectivity index (χ2n) is 5.94. The maximum Gasteiger partial charge on any atom is 0.329 e. The van der Waals surface area contributed by atoms with Crippen LogP contribution in [0.5, 0.6) is 0 Å². The monoisotopic (exact) mass is 259 g/mol. The zero-order chi connectivity index (χ0) is 14.2. The fourth-order valence-corrected chi connectivity index (χ4v) is 2.18. The summed E-state index contributed by atoms with van der Waals surface area (Å²) in [5.74, 6) is -0.202. The van der Waals surface area contributed by atoms with Crippen molar-refractivity contribution in [3.63, 3.8) is 0 Å². The molecule has 0 N–H and O–H groups in total. The summed E-state index contributed by atoms with van der Waals surface area (Å²) >= 11 is 0. The van der Waals surface area contributed by atoms with E-state index < -0.39 is 5.60 Å². The summed E-state index contributed by atoms with van der Waals surface area (Å²) in [5, 5.41) is 1.18. The van der Waals surface area contributed by atoms with E-state index in [9.17, 15) is 4.79 Å². The second-order valence-corrected chi connectivity index (χ2v) is 5.94. The van der Waals surface area contributed by atoms with Crippen LogP contribution < -0.4 is 0 Å². The van der Waals surface area contributed by atoms with Crippen LogP contribution in [0.1, 0.15) is 39.3 Å². The average Bonchev–Trinajstić information content (AvgIpc) is 2.71.